The molecule has 3 rings (SSSR count). The molecule has 0 amide bonds. The lowest BCUT2D eigenvalue weighted by Crippen LogP contribution is -2.44. The summed E-state index contributed by atoms with van der Waals surface area (Å²) in [6.45, 7) is 12.5. The molecular weight excluding hydrogens is 352 g/mol. The molecule has 0 aromatic heterocycles. The maximum atomic E-state index is 6.01. The molecule has 0 bridgehead atoms. The predicted octanol–water partition coefficient (Wildman–Crippen LogP) is 2.50. The smallest absolute Gasteiger partial charge is 0.191 e. The minimum atomic E-state index is 0.552. The van der Waals surface area contributed by atoms with Gasteiger partial charge >= 0.3 is 0 Å². The molecule has 1 aliphatic carbocycles. The molecule has 0 spiro atoms. The van der Waals surface area contributed by atoms with E-state index in [1.807, 2.05) is 6.07 Å². The van der Waals surface area contributed by atoms with Gasteiger partial charge in [0, 0.05) is 38.3 Å². The standard InChI is InChI=1S/C22H36N4O2/c1-3-23-22(24-14-18(2)16-26-10-12-27-13-11-26)25-15-20-6-4-5-7-21(20)28-17-19-8-9-19/h4-7,18-19H,3,8-17H2,1-2H3,(H2,23,24,25). The van der Waals surface area contributed by atoms with Crippen molar-refractivity contribution in [2.75, 3.05) is 52.5 Å². The molecule has 28 heavy (non-hydrogen) atoms. The van der Waals surface area contributed by atoms with Crippen molar-refractivity contribution in [2.45, 2.75) is 33.2 Å². The van der Waals surface area contributed by atoms with Crippen LogP contribution in [-0.2, 0) is 11.3 Å². The second-order valence-electron chi connectivity index (χ2n) is 7.96. The number of aliphatic imine (C=N–C) groups is 1. The van der Waals surface area contributed by atoms with Gasteiger partial charge in [0.05, 0.1) is 26.4 Å². The van der Waals surface area contributed by atoms with E-state index in [-0.39, 0.29) is 0 Å². The van der Waals surface area contributed by atoms with E-state index >= 15 is 0 Å². The number of ether oxygens (including phenoxy) is 2. The topological polar surface area (TPSA) is 58.1 Å². The zero-order chi connectivity index (χ0) is 19.6. The number of guanidine groups is 1. The van der Waals surface area contributed by atoms with Gasteiger partial charge < -0.3 is 20.1 Å². The average Bonchev–Trinajstić information content (AvgIpc) is 3.54. The summed E-state index contributed by atoms with van der Waals surface area (Å²) >= 11 is 0. The Morgan fingerprint density at radius 3 is 2.79 bits per heavy atom. The third-order valence-corrected chi connectivity index (χ3v) is 5.19. The van der Waals surface area contributed by atoms with Gasteiger partial charge in [0.15, 0.2) is 5.96 Å². The minimum absolute atomic E-state index is 0.552. The second-order valence-corrected chi connectivity index (χ2v) is 7.96. The summed E-state index contributed by atoms with van der Waals surface area (Å²) < 4.78 is 11.4. The molecule has 156 valence electrons. The Bertz CT molecular complexity index is 612. The highest BCUT2D eigenvalue weighted by molar-refractivity contribution is 5.79. The third kappa shape index (κ3) is 7.32. The van der Waals surface area contributed by atoms with E-state index in [2.05, 4.69) is 47.6 Å². The first-order valence-electron chi connectivity index (χ1n) is 10.8. The van der Waals surface area contributed by atoms with Crippen LogP contribution < -0.4 is 15.4 Å². The van der Waals surface area contributed by atoms with Crippen molar-refractivity contribution in [3.8, 4) is 5.75 Å². The van der Waals surface area contributed by atoms with Crippen LogP contribution in [0.1, 0.15) is 32.3 Å². The number of para-hydroxylation sites is 1. The Labute approximate surface area is 169 Å². The number of morpholine rings is 1. The maximum absolute atomic E-state index is 6.01. The Morgan fingerprint density at radius 1 is 1.25 bits per heavy atom. The highest BCUT2D eigenvalue weighted by Crippen LogP contribution is 2.30. The van der Waals surface area contributed by atoms with Crippen LogP contribution in [0, 0.1) is 11.8 Å². The van der Waals surface area contributed by atoms with Crippen LogP contribution in [0.4, 0.5) is 0 Å². The number of rotatable bonds is 10. The van der Waals surface area contributed by atoms with Crippen LogP contribution >= 0.6 is 0 Å². The van der Waals surface area contributed by atoms with Crippen molar-refractivity contribution in [1.29, 1.82) is 0 Å². The Kier molecular flexibility index (Phi) is 8.42. The molecule has 6 nitrogen and oxygen atoms in total. The van der Waals surface area contributed by atoms with Crippen LogP contribution in [0.5, 0.6) is 5.75 Å². The summed E-state index contributed by atoms with van der Waals surface area (Å²) in [5.74, 6) is 3.14. The molecule has 1 saturated carbocycles. The Hall–Kier alpha value is -1.79. The fourth-order valence-corrected chi connectivity index (χ4v) is 3.33. The van der Waals surface area contributed by atoms with Gasteiger partial charge in [-0.25, -0.2) is 4.99 Å². The van der Waals surface area contributed by atoms with Gasteiger partial charge in [-0.05, 0) is 37.7 Å². The molecule has 1 saturated heterocycles. The van der Waals surface area contributed by atoms with Gasteiger partial charge in [-0.3, -0.25) is 4.90 Å². The quantitative estimate of drug-likeness (QED) is 0.476. The predicted molar refractivity (Wildman–Crippen MR) is 114 cm³/mol. The van der Waals surface area contributed by atoms with Gasteiger partial charge in [-0.2, -0.15) is 0 Å². The summed E-state index contributed by atoms with van der Waals surface area (Å²) in [5.41, 5.74) is 1.14. The Morgan fingerprint density at radius 2 is 2.04 bits per heavy atom. The van der Waals surface area contributed by atoms with Crippen molar-refractivity contribution in [1.82, 2.24) is 15.5 Å². The van der Waals surface area contributed by atoms with Gasteiger partial charge in [0.2, 0.25) is 0 Å². The van der Waals surface area contributed by atoms with Crippen molar-refractivity contribution < 1.29 is 9.47 Å². The number of hydrogen-bond acceptors (Lipinski definition) is 4. The van der Waals surface area contributed by atoms with E-state index in [1.54, 1.807) is 0 Å². The molecule has 2 fully saturated rings. The van der Waals surface area contributed by atoms with E-state index < -0.39 is 0 Å². The zero-order valence-electron chi connectivity index (χ0n) is 17.5. The first-order chi connectivity index (χ1) is 13.7. The van der Waals surface area contributed by atoms with Gasteiger partial charge in [-0.1, -0.05) is 25.1 Å². The largest absolute Gasteiger partial charge is 0.493 e. The molecule has 2 aliphatic rings. The van der Waals surface area contributed by atoms with E-state index in [0.29, 0.717) is 12.5 Å². The summed E-state index contributed by atoms with van der Waals surface area (Å²) in [6.07, 6.45) is 2.61. The zero-order valence-corrected chi connectivity index (χ0v) is 17.5. The van der Waals surface area contributed by atoms with Crippen molar-refractivity contribution >= 4 is 5.96 Å². The fourth-order valence-electron chi connectivity index (χ4n) is 3.33. The van der Waals surface area contributed by atoms with Crippen molar-refractivity contribution in [2.24, 2.45) is 16.8 Å². The van der Waals surface area contributed by atoms with Gasteiger partial charge in [0.25, 0.3) is 0 Å². The van der Waals surface area contributed by atoms with E-state index in [1.165, 1.54) is 12.8 Å². The van der Waals surface area contributed by atoms with E-state index in [0.717, 1.165) is 75.7 Å². The highest BCUT2D eigenvalue weighted by atomic mass is 16.5. The molecule has 2 N–H and O–H groups in total. The number of benzene rings is 1. The lowest BCUT2D eigenvalue weighted by atomic mass is 10.1. The average molecular weight is 389 g/mol. The third-order valence-electron chi connectivity index (χ3n) is 5.19. The van der Waals surface area contributed by atoms with E-state index in [9.17, 15) is 0 Å². The van der Waals surface area contributed by atoms with Crippen LogP contribution in [0.15, 0.2) is 29.3 Å². The van der Waals surface area contributed by atoms with Crippen LogP contribution in [-0.4, -0.2) is 63.4 Å². The molecule has 1 aliphatic heterocycles. The summed E-state index contributed by atoms with van der Waals surface area (Å²) in [4.78, 5) is 7.27. The molecular formula is C22H36N4O2. The lowest BCUT2D eigenvalue weighted by Gasteiger charge is -2.29. The first-order valence-corrected chi connectivity index (χ1v) is 10.8. The second kappa shape index (κ2) is 11.3. The number of nitrogens with zero attached hydrogens (tertiary/aromatic N) is 2. The fraction of sp³-hybridized carbons (Fsp3) is 0.682. The minimum Gasteiger partial charge on any atom is -0.493 e. The monoisotopic (exact) mass is 388 g/mol. The highest BCUT2D eigenvalue weighted by Gasteiger charge is 2.22. The molecule has 1 unspecified atom stereocenters. The van der Waals surface area contributed by atoms with Crippen LogP contribution in [0.2, 0.25) is 0 Å². The normalized spacial score (nSPS) is 19.3. The Balaban J connectivity index is 1.49. The SMILES string of the molecule is CCNC(=NCc1ccccc1OCC1CC1)NCC(C)CN1CCOCC1. The molecule has 1 aromatic carbocycles. The van der Waals surface area contributed by atoms with Crippen LogP contribution in [0.3, 0.4) is 0 Å². The first kappa shape index (κ1) is 20.9. The lowest BCUT2D eigenvalue weighted by molar-refractivity contribution is 0.0320. The summed E-state index contributed by atoms with van der Waals surface area (Å²) in [6, 6.07) is 8.25. The number of nitrogens with one attached hydrogen (secondary N) is 2. The maximum Gasteiger partial charge on any atom is 0.191 e. The van der Waals surface area contributed by atoms with Crippen molar-refractivity contribution in [3.63, 3.8) is 0 Å². The molecule has 1 heterocycles. The van der Waals surface area contributed by atoms with Crippen LogP contribution in [0.25, 0.3) is 0 Å². The molecule has 1 atom stereocenters. The van der Waals surface area contributed by atoms with Gasteiger partial charge in [0.1, 0.15) is 5.75 Å². The molecule has 6 heteroatoms. The molecule has 1 aromatic rings. The summed E-state index contributed by atoms with van der Waals surface area (Å²) in [5, 5.41) is 6.86. The number of hydrogen-bond donors (Lipinski definition) is 2. The van der Waals surface area contributed by atoms with Gasteiger partial charge in [-0.15, -0.1) is 0 Å². The summed E-state index contributed by atoms with van der Waals surface area (Å²) in [7, 11) is 0. The molecule has 0 radical (unpaired) electrons. The van der Waals surface area contributed by atoms with Crippen molar-refractivity contribution in [3.05, 3.63) is 29.8 Å². The van der Waals surface area contributed by atoms with E-state index in [4.69, 9.17) is 14.5 Å².